The third-order valence-corrected chi connectivity index (χ3v) is 5.60. The zero-order valence-electron chi connectivity index (χ0n) is 19.6. The molecule has 0 aliphatic heterocycles. The minimum atomic E-state index is -0.509. The van der Waals surface area contributed by atoms with Gasteiger partial charge in [-0.1, -0.05) is 30.3 Å². The van der Waals surface area contributed by atoms with Crippen LogP contribution in [0.25, 0.3) is 28.0 Å². The SMILES string of the molecule is CCOC(=O)Nc1cccc(-c2cccc(-n3c(=O)c(Cc4cccnc4)nc4cccnc43)c2)c1. The van der Waals surface area contributed by atoms with Crippen LogP contribution in [0.1, 0.15) is 18.2 Å². The standard InChI is InChI=1S/C28H23N5O3/c1-2-36-28(35)31-22-10-3-8-20(16-22)21-9-4-11-23(17-21)33-26-24(12-6-14-30-26)32-25(27(33)34)15-19-7-5-13-29-18-19/h3-14,16-18H,2,15H2,1H3,(H,31,35). The average molecular weight is 478 g/mol. The quantitative estimate of drug-likeness (QED) is 0.369. The second kappa shape index (κ2) is 10.2. The fraction of sp³-hybridized carbons (Fsp3) is 0.107. The number of hydrogen-bond acceptors (Lipinski definition) is 6. The highest BCUT2D eigenvalue weighted by Gasteiger charge is 2.15. The van der Waals surface area contributed by atoms with Crippen molar-refractivity contribution >= 4 is 22.9 Å². The Balaban J connectivity index is 1.58. The van der Waals surface area contributed by atoms with Gasteiger partial charge in [0.1, 0.15) is 11.2 Å². The smallest absolute Gasteiger partial charge is 0.411 e. The number of amides is 1. The molecule has 3 heterocycles. The van der Waals surface area contributed by atoms with Gasteiger partial charge in [-0.3, -0.25) is 19.7 Å². The summed E-state index contributed by atoms with van der Waals surface area (Å²) in [6.07, 6.45) is 4.93. The zero-order valence-corrected chi connectivity index (χ0v) is 19.6. The highest BCUT2D eigenvalue weighted by atomic mass is 16.5. The second-order valence-electron chi connectivity index (χ2n) is 8.06. The van der Waals surface area contributed by atoms with E-state index in [1.165, 1.54) is 0 Å². The van der Waals surface area contributed by atoms with Crippen molar-refractivity contribution < 1.29 is 9.53 Å². The maximum absolute atomic E-state index is 13.7. The molecule has 0 aliphatic carbocycles. The van der Waals surface area contributed by atoms with E-state index in [9.17, 15) is 9.59 Å². The molecule has 0 atom stereocenters. The number of carbonyl (C=O) groups is 1. The van der Waals surface area contributed by atoms with Crippen molar-refractivity contribution in [2.24, 2.45) is 0 Å². The minimum absolute atomic E-state index is 0.236. The largest absolute Gasteiger partial charge is 0.450 e. The van der Waals surface area contributed by atoms with Crippen LogP contribution >= 0.6 is 0 Å². The van der Waals surface area contributed by atoms with Crippen molar-refractivity contribution in [1.29, 1.82) is 0 Å². The summed E-state index contributed by atoms with van der Waals surface area (Å²) in [4.78, 5) is 38.7. The van der Waals surface area contributed by atoms with Crippen LogP contribution in [0.4, 0.5) is 10.5 Å². The van der Waals surface area contributed by atoms with Gasteiger partial charge in [0.25, 0.3) is 5.56 Å². The number of rotatable bonds is 6. The summed E-state index contributed by atoms with van der Waals surface area (Å²) in [7, 11) is 0. The van der Waals surface area contributed by atoms with Crippen molar-refractivity contribution in [3.05, 3.63) is 113 Å². The molecule has 1 amide bonds. The van der Waals surface area contributed by atoms with Gasteiger partial charge in [0, 0.05) is 30.7 Å². The van der Waals surface area contributed by atoms with Crippen molar-refractivity contribution in [3.63, 3.8) is 0 Å². The highest BCUT2D eigenvalue weighted by Crippen LogP contribution is 2.25. The molecule has 178 valence electrons. The fourth-order valence-corrected chi connectivity index (χ4v) is 4.00. The van der Waals surface area contributed by atoms with E-state index in [1.807, 2.05) is 60.7 Å². The normalized spacial score (nSPS) is 10.8. The Morgan fingerprint density at radius 3 is 2.58 bits per heavy atom. The molecule has 8 heteroatoms. The number of hydrogen-bond donors (Lipinski definition) is 1. The lowest BCUT2D eigenvalue weighted by Gasteiger charge is -2.13. The summed E-state index contributed by atoms with van der Waals surface area (Å²) in [6, 6.07) is 22.5. The van der Waals surface area contributed by atoms with E-state index in [4.69, 9.17) is 4.74 Å². The molecule has 2 aromatic carbocycles. The predicted molar refractivity (Wildman–Crippen MR) is 138 cm³/mol. The van der Waals surface area contributed by atoms with Crippen LogP contribution in [0, 0.1) is 0 Å². The van der Waals surface area contributed by atoms with Crippen LogP contribution in [0.15, 0.2) is 96.2 Å². The van der Waals surface area contributed by atoms with E-state index in [1.54, 1.807) is 42.2 Å². The first-order valence-corrected chi connectivity index (χ1v) is 11.5. The monoisotopic (exact) mass is 477 g/mol. The summed E-state index contributed by atoms with van der Waals surface area (Å²) < 4.78 is 6.57. The number of nitrogens with one attached hydrogen (secondary N) is 1. The zero-order chi connectivity index (χ0) is 24.9. The van der Waals surface area contributed by atoms with Gasteiger partial charge < -0.3 is 4.74 Å². The molecular weight excluding hydrogens is 454 g/mol. The molecule has 5 rings (SSSR count). The molecule has 0 spiro atoms. The molecule has 0 unspecified atom stereocenters. The molecule has 0 fully saturated rings. The van der Waals surface area contributed by atoms with Crippen LogP contribution in [0.2, 0.25) is 0 Å². The summed E-state index contributed by atoms with van der Waals surface area (Å²) in [5.41, 5.74) is 5.21. The van der Waals surface area contributed by atoms with Crippen LogP contribution in [0.3, 0.4) is 0 Å². The van der Waals surface area contributed by atoms with Gasteiger partial charge in [-0.05, 0) is 66.1 Å². The number of nitrogens with zero attached hydrogens (tertiary/aromatic N) is 4. The van der Waals surface area contributed by atoms with Crippen LogP contribution in [-0.4, -0.2) is 32.2 Å². The lowest BCUT2D eigenvalue weighted by molar-refractivity contribution is 0.168. The number of fused-ring (bicyclic) bond motifs is 1. The Morgan fingerprint density at radius 1 is 0.972 bits per heavy atom. The lowest BCUT2D eigenvalue weighted by atomic mass is 10.0. The van der Waals surface area contributed by atoms with Gasteiger partial charge in [0.2, 0.25) is 0 Å². The van der Waals surface area contributed by atoms with Crippen molar-refractivity contribution in [3.8, 4) is 16.8 Å². The van der Waals surface area contributed by atoms with E-state index >= 15 is 0 Å². The lowest BCUT2D eigenvalue weighted by Crippen LogP contribution is -2.25. The fourth-order valence-electron chi connectivity index (χ4n) is 4.00. The molecule has 3 aromatic heterocycles. The second-order valence-corrected chi connectivity index (χ2v) is 8.06. The maximum atomic E-state index is 13.7. The number of aromatic nitrogens is 4. The Morgan fingerprint density at radius 2 is 1.78 bits per heavy atom. The molecule has 0 saturated carbocycles. The molecule has 0 bridgehead atoms. The van der Waals surface area contributed by atoms with Crippen LogP contribution in [0.5, 0.6) is 0 Å². The number of carbonyl (C=O) groups excluding carboxylic acids is 1. The molecule has 0 aliphatic rings. The first-order valence-electron chi connectivity index (χ1n) is 11.5. The Labute approximate surface area is 207 Å². The number of pyridine rings is 2. The van der Waals surface area contributed by atoms with E-state index in [0.29, 0.717) is 41.3 Å². The van der Waals surface area contributed by atoms with Gasteiger partial charge in [0.05, 0.1) is 12.3 Å². The number of anilines is 1. The number of ether oxygens (including phenoxy) is 1. The topological polar surface area (TPSA) is 99.0 Å². The van der Waals surface area contributed by atoms with Crippen LogP contribution < -0.4 is 10.9 Å². The van der Waals surface area contributed by atoms with Gasteiger partial charge in [-0.2, -0.15) is 0 Å². The van der Waals surface area contributed by atoms with Crippen molar-refractivity contribution in [1.82, 2.24) is 19.5 Å². The van der Waals surface area contributed by atoms with Crippen LogP contribution in [-0.2, 0) is 11.2 Å². The van der Waals surface area contributed by atoms with Crippen molar-refractivity contribution in [2.75, 3.05) is 11.9 Å². The minimum Gasteiger partial charge on any atom is -0.450 e. The summed E-state index contributed by atoms with van der Waals surface area (Å²) in [5, 5.41) is 2.72. The maximum Gasteiger partial charge on any atom is 0.411 e. The molecule has 1 N–H and O–H groups in total. The van der Waals surface area contributed by atoms with E-state index in [-0.39, 0.29) is 5.56 Å². The molecule has 0 radical (unpaired) electrons. The summed E-state index contributed by atoms with van der Waals surface area (Å²) in [6.45, 7) is 2.04. The molecule has 8 nitrogen and oxygen atoms in total. The van der Waals surface area contributed by atoms with Gasteiger partial charge >= 0.3 is 6.09 Å². The Hall–Kier alpha value is -4.85. The van der Waals surface area contributed by atoms with Gasteiger partial charge in [0.15, 0.2) is 5.65 Å². The van der Waals surface area contributed by atoms with Gasteiger partial charge in [-0.25, -0.2) is 14.8 Å². The summed E-state index contributed by atoms with van der Waals surface area (Å²) >= 11 is 0. The predicted octanol–water partition coefficient (Wildman–Crippen LogP) is 5.00. The molecule has 36 heavy (non-hydrogen) atoms. The highest BCUT2D eigenvalue weighted by molar-refractivity contribution is 5.86. The van der Waals surface area contributed by atoms with Crippen molar-refractivity contribution in [2.45, 2.75) is 13.3 Å². The number of benzene rings is 2. The molecule has 0 saturated heterocycles. The first kappa shape index (κ1) is 22.9. The summed E-state index contributed by atoms with van der Waals surface area (Å²) in [5.74, 6) is 0. The van der Waals surface area contributed by atoms with Gasteiger partial charge in [-0.15, -0.1) is 0 Å². The average Bonchev–Trinajstić information content (AvgIpc) is 2.90. The first-order chi connectivity index (χ1) is 17.6. The third-order valence-electron chi connectivity index (χ3n) is 5.60. The van der Waals surface area contributed by atoms with E-state index in [0.717, 1.165) is 16.7 Å². The molecular formula is C28H23N5O3. The van der Waals surface area contributed by atoms with E-state index < -0.39 is 6.09 Å². The Bertz CT molecular complexity index is 1600. The molecule has 5 aromatic rings. The van der Waals surface area contributed by atoms with E-state index in [2.05, 4.69) is 20.3 Å². The third kappa shape index (κ3) is 4.83. The Kier molecular flexibility index (Phi) is 6.48.